The molecule has 0 spiro atoms. The molecule has 3 rings (SSSR count). The molecule has 3 aromatic rings. The molecule has 1 aromatic heterocycles. The number of aromatic nitrogens is 2. The summed E-state index contributed by atoms with van der Waals surface area (Å²) < 4.78 is 0. The Labute approximate surface area is 151 Å². The van der Waals surface area contributed by atoms with Crippen LogP contribution in [0.4, 0.5) is 23.1 Å². The van der Waals surface area contributed by atoms with E-state index in [0.29, 0.717) is 16.8 Å². The molecule has 126 valence electrons. The molecule has 3 N–H and O–H groups in total. The molecule has 2 aromatic carbocycles. The van der Waals surface area contributed by atoms with Gasteiger partial charge in [0.15, 0.2) is 5.96 Å². The second-order valence-electron chi connectivity index (χ2n) is 5.27. The highest BCUT2D eigenvalue weighted by molar-refractivity contribution is 6.30. The predicted molar refractivity (Wildman–Crippen MR) is 103 cm³/mol. The number of halogens is 1. The molecule has 0 aliphatic heterocycles. The van der Waals surface area contributed by atoms with Crippen LogP contribution in [0, 0.1) is 5.41 Å². The summed E-state index contributed by atoms with van der Waals surface area (Å²) in [6, 6.07) is 18.7. The molecule has 0 radical (unpaired) electrons. The van der Waals surface area contributed by atoms with Gasteiger partial charge >= 0.3 is 0 Å². The molecule has 25 heavy (non-hydrogen) atoms. The first-order chi connectivity index (χ1) is 12.1. The van der Waals surface area contributed by atoms with E-state index in [4.69, 9.17) is 17.0 Å². The van der Waals surface area contributed by atoms with Crippen LogP contribution >= 0.6 is 11.6 Å². The zero-order chi connectivity index (χ0) is 17.6. The van der Waals surface area contributed by atoms with Gasteiger partial charge in [0.2, 0.25) is 5.95 Å². The average Bonchev–Trinajstić information content (AvgIpc) is 2.64. The van der Waals surface area contributed by atoms with Gasteiger partial charge in [-0.1, -0.05) is 29.8 Å². The van der Waals surface area contributed by atoms with Gasteiger partial charge in [-0.25, -0.2) is 4.98 Å². The van der Waals surface area contributed by atoms with Crippen LogP contribution in [-0.2, 0) is 0 Å². The zero-order valence-electron chi connectivity index (χ0n) is 13.6. The van der Waals surface area contributed by atoms with Gasteiger partial charge in [0.05, 0.1) is 0 Å². The van der Waals surface area contributed by atoms with Crippen molar-refractivity contribution in [1.82, 2.24) is 9.97 Å². The van der Waals surface area contributed by atoms with E-state index in [1.165, 1.54) is 0 Å². The quantitative estimate of drug-likeness (QED) is 0.480. The molecule has 0 fully saturated rings. The lowest BCUT2D eigenvalue weighted by atomic mass is 10.3. The summed E-state index contributed by atoms with van der Waals surface area (Å²) >= 11 is 5.86. The van der Waals surface area contributed by atoms with Gasteiger partial charge in [0.1, 0.15) is 5.82 Å². The number of benzene rings is 2. The van der Waals surface area contributed by atoms with Gasteiger partial charge in [-0.3, -0.25) is 5.41 Å². The largest absolute Gasteiger partial charge is 0.326 e. The summed E-state index contributed by atoms with van der Waals surface area (Å²) in [4.78, 5) is 10.6. The zero-order valence-corrected chi connectivity index (χ0v) is 14.3. The lowest BCUT2D eigenvalue weighted by Gasteiger charge is -2.18. The Morgan fingerprint density at radius 2 is 1.72 bits per heavy atom. The second kappa shape index (κ2) is 7.63. The number of nitrogens with one attached hydrogen (secondary N) is 3. The Bertz CT molecular complexity index is 851. The van der Waals surface area contributed by atoms with E-state index in [2.05, 4.69) is 20.6 Å². The summed E-state index contributed by atoms with van der Waals surface area (Å²) in [5.41, 5.74) is 1.74. The maximum absolute atomic E-state index is 8.03. The second-order valence-corrected chi connectivity index (χ2v) is 5.70. The van der Waals surface area contributed by atoms with Gasteiger partial charge in [0.25, 0.3) is 0 Å². The van der Waals surface area contributed by atoms with Crippen LogP contribution in [0.3, 0.4) is 0 Å². The molecular weight excluding hydrogens is 336 g/mol. The van der Waals surface area contributed by atoms with E-state index in [-0.39, 0.29) is 5.96 Å². The van der Waals surface area contributed by atoms with Crippen molar-refractivity contribution in [2.75, 3.05) is 22.6 Å². The summed E-state index contributed by atoms with van der Waals surface area (Å²) in [7, 11) is 1.89. The van der Waals surface area contributed by atoms with E-state index in [1.54, 1.807) is 36.5 Å². The van der Waals surface area contributed by atoms with Gasteiger partial charge < -0.3 is 15.5 Å². The van der Waals surface area contributed by atoms with Crippen LogP contribution in [0.15, 0.2) is 66.9 Å². The predicted octanol–water partition coefficient (Wildman–Crippen LogP) is 4.36. The number of guanidine groups is 1. The Morgan fingerprint density at radius 1 is 1.00 bits per heavy atom. The minimum Gasteiger partial charge on any atom is -0.326 e. The van der Waals surface area contributed by atoms with Gasteiger partial charge in [-0.05, 0) is 42.5 Å². The van der Waals surface area contributed by atoms with E-state index >= 15 is 0 Å². The van der Waals surface area contributed by atoms with Crippen LogP contribution in [-0.4, -0.2) is 23.0 Å². The molecule has 0 aliphatic carbocycles. The fourth-order valence-electron chi connectivity index (χ4n) is 2.18. The van der Waals surface area contributed by atoms with Crippen LogP contribution in [0.1, 0.15) is 0 Å². The summed E-state index contributed by atoms with van der Waals surface area (Å²) in [6.07, 6.45) is 1.65. The van der Waals surface area contributed by atoms with E-state index in [9.17, 15) is 0 Å². The Balaban J connectivity index is 1.69. The molecule has 0 saturated heterocycles. The number of hydrogen-bond donors (Lipinski definition) is 3. The molecule has 0 aliphatic rings. The molecular formula is C18H17ClN6. The SMILES string of the molecule is CN(c1ccccc1)c1nccc(NC(=N)Nc2ccc(Cl)cc2)n1. The Hall–Kier alpha value is -3.12. The summed E-state index contributed by atoms with van der Waals surface area (Å²) in [5.74, 6) is 1.17. The molecule has 0 unspecified atom stereocenters. The lowest BCUT2D eigenvalue weighted by molar-refractivity contribution is 1.05. The van der Waals surface area contributed by atoms with Crippen LogP contribution < -0.4 is 15.5 Å². The first kappa shape index (κ1) is 16.7. The third-order valence-corrected chi connectivity index (χ3v) is 3.70. The minimum atomic E-state index is 0.106. The van der Waals surface area contributed by atoms with Crippen LogP contribution in [0.2, 0.25) is 5.02 Å². The molecule has 1 heterocycles. The van der Waals surface area contributed by atoms with Crippen molar-refractivity contribution in [1.29, 1.82) is 5.41 Å². The third-order valence-electron chi connectivity index (χ3n) is 3.45. The molecule has 6 nitrogen and oxygen atoms in total. The first-order valence-corrected chi connectivity index (χ1v) is 7.99. The summed E-state index contributed by atoms with van der Waals surface area (Å²) in [6.45, 7) is 0. The summed E-state index contributed by atoms with van der Waals surface area (Å²) in [5, 5.41) is 14.5. The average molecular weight is 353 g/mol. The standard InChI is InChI=1S/C18H17ClN6/c1-25(15-5-3-2-4-6-15)18-21-12-11-16(24-18)23-17(20)22-14-9-7-13(19)8-10-14/h2-12H,1H3,(H3,20,21,22,23,24). The maximum Gasteiger partial charge on any atom is 0.231 e. The number of rotatable bonds is 4. The highest BCUT2D eigenvalue weighted by Gasteiger charge is 2.08. The minimum absolute atomic E-state index is 0.106. The van der Waals surface area contributed by atoms with E-state index in [1.807, 2.05) is 42.3 Å². The van der Waals surface area contributed by atoms with Crippen molar-refractivity contribution >= 4 is 40.7 Å². The highest BCUT2D eigenvalue weighted by atomic mass is 35.5. The smallest absolute Gasteiger partial charge is 0.231 e. The molecule has 0 atom stereocenters. The van der Waals surface area contributed by atoms with Crippen molar-refractivity contribution in [2.45, 2.75) is 0 Å². The fourth-order valence-corrected chi connectivity index (χ4v) is 2.31. The molecule has 7 heteroatoms. The van der Waals surface area contributed by atoms with Gasteiger partial charge in [-0.15, -0.1) is 0 Å². The highest BCUT2D eigenvalue weighted by Crippen LogP contribution is 2.20. The number of hydrogen-bond acceptors (Lipinski definition) is 4. The molecule has 0 bridgehead atoms. The monoisotopic (exact) mass is 352 g/mol. The van der Waals surface area contributed by atoms with Crippen molar-refractivity contribution in [3.05, 3.63) is 71.9 Å². The fraction of sp³-hybridized carbons (Fsp3) is 0.0556. The van der Waals surface area contributed by atoms with Crippen LogP contribution in [0.5, 0.6) is 0 Å². The topological polar surface area (TPSA) is 76.9 Å². The third kappa shape index (κ3) is 4.45. The lowest BCUT2D eigenvalue weighted by Crippen LogP contribution is -2.22. The van der Waals surface area contributed by atoms with Crippen molar-refractivity contribution < 1.29 is 0 Å². The van der Waals surface area contributed by atoms with Crippen molar-refractivity contribution in [3.63, 3.8) is 0 Å². The number of para-hydroxylation sites is 1. The Kier molecular flexibility index (Phi) is 5.11. The van der Waals surface area contributed by atoms with Gasteiger partial charge in [0, 0.05) is 29.6 Å². The number of nitrogens with zero attached hydrogens (tertiary/aromatic N) is 3. The number of anilines is 4. The van der Waals surface area contributed by atoms with Gasteiger partial charge in [-0.2, -0.15) is 4.98 Å². The first-order valence-electron chi connectivity index (χ1n) is 7.62. The molecule has 0 amide bonds. The van der Waals surface area contributed by atoms with E-state index < -0.39 is 0 Å². The normalized spacial score (nSPS) is 10.2. The maximum atomic E-state index is 8.03. The van der Waals surface area contributed by atoms with Crippen LogP contribution in [0.25, 0.3) is 0 Å². The van der Waals surface area contributed by atoms with Crippen molar-refractivity contribution in [3.8, 4) is 0 Å². The van der Waals surface area contributed by atoms with Crippen molar-refractivity contribution in [2.24, 2.45) is 0 Å². The van der Waals surface area contributed by atoms with E-state index in [0.717, 1.165) is 11.4 Å². The Morgan fingerprint density at radius 3 is 2.44 bits per heavy atom. The molecule has 0 saturated carbocycles.